The molecule has 3 nitrogen and oxygen atoms in total. The van der Waals surface area contributed by atoms with Crippen LogP contribution in [-0.2, 0) is 4.79 Å². The average molecular weight is 324 g/mol. The number of anilines is 1. The summed E-state index contributed by atoms with van der Waals surface area (Å²) < 4.78 is 0. The van der Waals surface area contributed by atoms with Crippen LogP contribution >= 0.6 is 35.6 Å². The van der Waals surface area contributed by atoms with E-state index in [0.29, 0.717) is 22.3 Å². The van der Waals surface area contributed by atoms with Crippen molar-refractivity contribution in [3.05, 3.63) is 28.2 Å². The molecule has 0 aromatic heterocycles. The SMILES string of the molecule is CC1(C(=O)Nc2ccc(Cl)c(Cl)c2)CCCNC1.Cl. The molecular weight excluding hydrogens is 307 g/mol. The van der Waals surface area contributed by atoms with E-state index < -0.39 is 0 Å². The first-order valence-corrected chi connectivity index (χ1v) is 6.74. The van der Waals surface area contributed by atoms with Crippen LogP contribution in [0.3, 0.4) is 0 Å². The molecule has 0 radical (unpaired) electrons. The predicted molar refractivity (Wildman–Crippen MR) is 82.6 cm³/mol. The molecule has 1 aliphatic rings. The van der Waals surface area contributed by atoms with Gasteiger partial charge in [-0.2, -0.15) is 0 Å². The van der Waals surface area contributed by atoms with Gasteiger partial charge in [0.15, 0.2) is 0 Å². The maximum Gasteiger partial charge on any atom is 0.231 e. The van der Waals surface area contributed by atoms with Gasteiger partial charge in [-0.15, -0.1) is 12.4 Å². The molecule has 6 heteroatoms. The minimum absolute atomic E-state index is 0. The smallest absolute Gasteiger partial charge is 0.231 e. The lowest BCUT2D eigenvalue weighted by atomic mass is 9.82. The van der Waals surface area contributed by atoms with Crippen molar-refractivity contribution in [1.29, 1.82) is 0 Å². The van der Waals surface area contributed by atoms with Crippen molar-refractivity contribution in [2.24, 2.45) is 5.41 Å². The van der Waals surface area contributed by atoms with E-state index in [1.165, 1.54) is 0 Å². The Kier molecular flexibility index (Phi) is 5.93. The van der Waals surface area contributed by atoms with Crippen LogP contribution < -0.4 is 10.6 Å². The van der Waals surface area contributed by atoms with Gasteiger partial charge in [-0.3, -0.25) is 4.79 Å². The highest BCUT2D eigenvalue weighted by Gasteiger charge is 2.34. The van der Waals surface area contributed by atoms with Crippen molar-refractivity contribution in [2.45, 2.75) is 19.8 Å². The summed E-state index contributed by atoms with van der Waals surface area (Å²) in [5.74, 6) is 0.0214. The molecule has 1 unspecified atom stereocenters. The third-order valence-corrected chi connectivity index (χ3v) is 4.06. The van der Waals surface area contributed by atoms with Gasteiger partial charge in [-0.1, -0.05) is 23.2 Å². The summed E-state index contributed by atoms with van der Waals surface area (Å²) in [5.41, 5.74) is 0.325. The third-order valence-electron chi connectivity index (χ3n) is 3.32. The molecule has 1 aliphatic heterocycles. The fourth-order valence-electron chi connectivity index (χ4n) is 2.11. The van der Waals surface area contributed by atoms with E-state index in [2.05, 4.69) is 10.6 Å². The number of carbonyl (C=O) groups excluding carboxylic acids is 1. The predicted octanol–water partition coefficient (Wildman–Crippen LogP) is 3.74. The maximum absolute atomic E-state index is 12.3. The van der Waals surface area contributed by atoms with Crippen molar-refractivity contribution in [3.63, 3.8) is 0 Å². The van der Waals surface area contributed by atoms with Crippen LogP contribution in [0.25, 0.3) is 0 Å². The number of hydrogen-bond donors (Lipinski definition) is 2. The molecule has 1 fully saturated rings. The molecule has 1 heterocycles. The first kappa shape index (κ1) is 16.6. The zero-order valence-corrected chi connectivity index (χ0v) is 13.0. The highest BCUT2D eigenvalue weighted by molar-refractivity contribution is 6.42. The number of carbonyl (C=O) groups is 1. The highest BCUT2D eigenvalue weighted by Crippen LogP contribution is 2.29. The first-order valence-electron chi connectivity index (χ1n) is 5.98. The highest BCUT2D eigenvalue weighted by atomic mass is 35.5. The van der Waals surface area contributed by atoms with Gasteiger partial charge in [0.1, 0.15) is 0 Å². The van der Waals surface area contributed by atoms with Crippen LogP contribution in [0.4, 0.5) is 5.69 Å². The molecular formula is C13H17Cl3N2O. The second-order valence-electron chi connectivity index (χ2n) is 4.92. The van der Waals surface area contributed by atoms with E-state index in [0.717, 1.165) is 19.4 Å². The Balaban J connectivity index is 0.00000180. The molecule has 19 heavy (non-hydrogen) atoms. The lowest BCUT2D eigenvalue weighted by molar-refractivity contribution is -0.125. The Hall–Kier alpha value is -0.480. The van der Waals surface area contributed by atoms with Gasteiger partial charge in [-0.25, -0.2) is 0 Å². The number of amides is 1. The number of piperidine rings is 1. The molecule has 2 N–H and O–H groups in total. The number of rotatable bonds is 2. The van der Waals surface area contributed by atoms with Crippen molar-refractivity contribution in [1.82, 2.24) is 5.32 Å². The minimum atomic E-state index is -0.357. The summed E-state index contributed by atoms with van der Waals surface area (Å²) in [6, 6.07) is 5.11. The van der Waals surface area contributed by atoms with Gasteiger partial charge < -0.3 is 10.6 Å². The average Bonchev–Trinajstić information content (AvgIpc) is 2.35. The minimum Gasteiger partial charge on any atom is -0.326 e. The number of benzene rings is 1. The van der Waals surface area contributed by atoms with E-state index in [9.17, 15) is 4.79 Å². The van der Waals surface area contributed by atoms with Gasteiger partial charge in [0, 0.05) is 12.2 Å². The van der Waals surface area contributed by atoms with Crippen LogP contribution in [0, 0.1) is 5.41 Å². The molecule has 0 spiro atoms. The summed E-state index contributed by atoms with van der Waals surface area (Å²) in [7, 11) is 0. The fourth-order valence-corrected chi connectivity index (χ4v) is 2.40. The van der Waals surface area contributed by atoms with E-state index >= 15 is 0 Å². The Labute approximate surface area is 129 Å². The second kappa shape index (κ2) is 6.80. The van der Waals surface area contributed by atoms with Crippen LogP contribution in [0.1, 0.15) is 19.8 Å². The first-order chi connectivity index (χ1) is 8.51. The van der Waals surface area contributed by atoms with Gasteiger partial charge in [-0.05, 0) is 44.5 Å². The van der Waals surface area contributed by atoms with E-state index in [4.69, 9.17) is 23.2 Å². The van der Waals surface area contributed by atoms with E-state index in [-0.39, 0.29) is 23.7 Å². The molecule has 1 atom stereocenters. The largest absolute Gasteiger partial charge is 0.326 e. The summed E-state index contributed by atoms with van der Waals surface area (Å²) in [5, 5.41) is 7.08. The quantitative estimate of drug-likeness (QED) is 0.870. The second-order valence-corrected chi connectivity index (χ2v) is 5.74. The van der Waals surface area contributed by atoms with Crippen LogP contribution in [-0.4, -0.2) is 19.0 Å². The Morgan fingerprint density at radius 3 is 2.68 bits per heavy atom. The zero-order valence-electron chi connectivity index (χ0n) is 10.6. The van der Waals surface area contributed by atoms with Gasteiger partial charge in [0.05, 0.1) is 15.5 Å². The van der Waals surface area contributed by atoms with Crippen molar-refractivity contribution in [3.8, 4) is 0 Å². The van der Waals surface area contributed by atoms with Gasteiger partial charge >= 0.3 is 0 Å². The molecule has 1 amide bonds. The van der Waals surface area contributed by atoms with Gasteiger partial charge in [0.2, 0.25) is 5.91 Å². The summed E-state index contributed by atoms with van der Waals surface area (Å²) in [6.07, 6.45) is 1.92. The Bertz CT molecular complexity index is 459. The molecule has 106 valence electrons. The topological polar surface area (TPSA) is 41.1 Å². The summed E-state index contributed by atoms with van der Waals surface area (Å²) >= 11 is 11.8. The van der Waals surface area contributed by atoms with Crippen molar-refractivity contribution in [2.75, 3.05) is 18.4 Å². The normalized spacial score (nSPS) is 22.5. The summed E-state index contributed by atoms with van der Waals surface area (Å²) in [6.45, 7) is 3.67. The third kappa shape index (κ3) is 3.99. The summed E-state index contributed by atoms with van der Waals surface area (Å²) in [4.78, 5) is 12.3. The molecule has 0 aliphatic carbocycles. The van der Waals surface area contributed by atoms with Crippen molar-refractivity contribution >= 4 is 47.2 Å². The fraction of sp³-hybridized carbons (Fsp3) is 0.462. The Morgan fingerprint density at radius 2 is 2.11 bits per heavy atom. The monoisotopic (exact) mass is 322 g/mol. The van der Waals surface area contributed by atoms with E-state index in [1.54, 1.807) is 18.2 Å². The lowest BCUT2D eigenvalue weighted by Crippen LogP contribution is -2.46. The maximum atomic E-state index is 12.3. The Morgan fingerprint density at radius 1 is 1.37 bits per heavy atom. The molecule has 1 aromatic carbocycles. The van der Waals surface area contributed by atoms with Crippen LogP contribution in [0.15, 0.2) is 18.2 Å². The molecule has 0 saturated carbocycles. The lowest BCUT2D eigenvalue weighted by Gasteiger charge is -2.32. The molecule has 1 aromatic rings. The van der Waals surface area contributed by atoms with E-state index in [1.807, 2.05) is 6.92 Å². The number of hydrogen-bond acceptors (Lipinski definition) is 2. The van der Waals surface area contributed by atoms with Crippen molar-refractivity contribution < 1.29 is 4.79 Å². The van der Waals surface area contributed by atoms with Crippen LogP contribution in [0.5, 0.6) is 0 Å². The molecule has 2 rings (SSSR count). The number of halogens is 3. The van der Waals surface area contributed by atoms with Gasteiger partial charge in [0.25, 0.3) is 0 Å². The number of nitrogens with one attached hydrogen (secondary N) is 2. The van der Waals surface area contributed by atoms with Crippen LogP contribution in [0.2, 0.25) is 10.0 Å². The zero-order chi connectivity index (χ0) is 13.2. The standard InChI is InChI=1S/C13H16Cl2N2O.ClH/c1-13(5-2-6-16-8-13)12(18)17-9-3-4-10(14)11(15)7-9;/h3-4,7,16H,2,5-6,8H2,1H3,(H,17,18);1H. The molecule has 1 saturated heterocycles. The molecule has 0 bridgehead atoms.